The third kappa shape index (κ3) is 4.66. The molecule has 3 fully saturated rings. The second-order valence-corrected chi connectivity index (χ2v) is 11.6. The van der Waals surface area contributed by atoms with Crippen molar-refractivity contribution in [3.63, 3.8) is 0 Å². The van der Waals surface area contributed by atoms with Gasteiger partial charge in [-0.05, 0) is 73.8 Å². The highest BCUT2D eigenvalue weighted by Crippen LogP contribution is 2.49. The third-order valence-corrected chi connectivity index (χ3v) is 9.47. The molecule has 5 rings (SSSR count). The van der Waals surface area contributed by atoms with Crippen LogP contribution in [0.5, 0.6) is 0 Å². The zero-order chi connectivity index (χ0) is 23.9. The number of aliphatic hydroxyl groups is 1. The van der Waals surface area contributed by atoms with Crippen molar-refractivity contribution in [3.8, 4) is 0 Å². The van der Waals surface area contributed by atoms with Gasteiger partial charge in [0.1, 0.15) is 0 Å². The molecule has 2 atom stereocenters. The maximum atomic E-state index is 13.6. The second kappa shape index (κ2) is 9.31. The number of aryl methyl sites for hydroxylation is 1. The van der Waals surface area contributed by atoms with Gasteiger partial charge in [0.15, 0.2) is 21.5 Å². The van der Waals surface area contributed by atoms with Gasteiger partial charge in [-0.25, -0.2) is 17.2 Å². The van der Waals surface area contributed by atoms with Crippen LogP contribution in [0.2, 0.25) is 5.02 Å². The van der Waals surface area contributed by atoms with Crippen LogP contribution in [-0.4, -0.2) is 30.8 Å². The summed E-state index contributed by atoms with van der Waals surface area (Å²) in [6.45, 7) is 1.99. The van der Waals surface area contributed by atoms with Crippen molar-refractivity contribution >= 4 is 33.0 Å². The van der Waals surface area contributed by atoms with Crippen LogP contribution in [-0.2, 0) is 16.3 Å². The number of sulfone groups is 1. The Bertz CT molecular complexity index is 1180. The average molecular weight is 498 g/mol. The molecule has 2 aromatic carbocycles. The molecule has 9 heteroatoms. The Hall–Kier alpha value is -2.03. The van der Waals surface area contributed by atoms with Crippen molar-refractivity contribution in [2.45, 2.75) is 61.7 Å². The molecular formula is C24H26ClF2NO4S. The van der Waals surface area contributed by atoms with Gasteiger partial charge >= 0.3 is 0 Å². The molecule has 3 aliphatic carbocycles. The maximum Gasteiger partial charge on any atom is 0.255 e. The quantitative estimate of drug-likeness (QED) is 0.554. The van der Waals surface area contributed by atoms with Crippen LogP contribution < -0.4 is 5.32 Å². The molecule has 2 bridgehead atoms. The molecule has 0 heterocycles. The first-order valence-corrected chi connectivity index (χ1v) is 13.0. The fourth-order valence-electron chi connectivity index (χ4n) is 4.90. The van der Waals surface area contributed by atoms with Crippen LogP contribution in [0.25, 0.3) is 0 Å². The summed E-state index contributed by atoms with van der Waals surface area (Å²) in [5.41, 5.74) is 0.779. The number of hydrogen-bond donors (Lipinski definition) is 2. The lowest BCUT2D eigenvalue weighted by molar-refractivity contribution is -0.0733. The predicted octanol–water partition coefficient (Wildman–Crippen LogP) is 5.15. The summed E-state index contributed by atoms with van der Waals surface area (Å²) in [6, 6.07) is 5.82. The highest BCUT2D eigenvalue weighted by molar-refractivity contribution is 7.92. The van der Waals surface area contributed by atoms with Crippen molar-refractivity contribution < 1.29 is 27.1 Å². The van der Waals surface area contributed by atoms with Crippen LogP contribution in [0.1, 0.15) is 54.9 Å². The van der Waals surface area contributed by atoms with Crippen LogP contribution in [0.4, 0.5) is 14.5 Å². The minimum absolute atomic E-state index is 0.0257. The lowest BCUT2D eigenvalue weighted by Crippen LogP contribution is -2.51. The minimum atomic E-state index is -3.83. The fourth-order valence-corrected chi connectivity index (χ4v) is 7.38. The Morgan fingerprint density at radius 2 is 1.82 bits per heavy atom. The molecule has 33 heavy (non-hydrogen) atoms. The number of nitrogens with one attached hydrogen (secondary N) is 1. The highest BCUT2D eigenvalue weighted by atomic mass is 35.5. The van der Waals surface area contributed by atoms with E-state index in [4.69, 9.17) is 11.6 Å². The van der Waals surface area contributed by atoms with Crippen LogP contribution >= 0.6 is 11.6 Å². The Labute approximate surface area is 197 Å². The van der Waals surface area contributed by atoms with E-state index in [0.717, 1.165) is 31.4 Å². The van der Waals surface area contributed by atoms with Crippen molar-refractivity contribution in [3.05, 3.63) is 58.1 Å². The van der Waals surface area contributed by atoms with Gasteiger partial charge in [0.2, 0.25) is 0 Å². The van der Waals surface area contributed by atoms with Gasteiger partial charge in [0.05, 0.1) is 21.3 Å². The van der Waals surface area contributed by atoms with E-state index >= 15 is 0 Å². The maximum absolute atomic E-state index is 13.6. The van der Waals surface area contributed by atoms with Crippen LogP contribution in [0, 0.1) is 23.5 Å². The normalized spacial score (nSPS) is 24.3. The van der Waals surface area contributed by atoms with Gasteiger partial charge in [0.25, 0.3) is 5.91 Å². The number of carbonyl (C=O) groups is 1. The third-order valence-electron chi connectivity index (χ3n) is 6.83. The molecule has 3 saturated carbocycles. The first-order chi connectivity index (χ1) is 15.6. The molecule has 0 saturated heterocycles. The SMILES string of the molecule is CCCCc1cc(Cl)c(S(=O)(=O)C2CC3CC(C2)C3O)cc1C(=O)Nc1ccc(F)c(F)c1. The van der Waals surface area contributed by atoms with Gasteiger partial charge in [-0.2, -0.15) is 0 Å². The predicted molar refractivity (Wildman–Crippen MR) is 122 cm³/mol. The molecule has 1 amide bonds. The van der Waals surface area contributed by atoms with Crippen molar-refractivity contribution in [2.24, 2.45) is 11.8 Å². The summed E-state index contributed by atoms with van der Waals surface area (Å²) in [7, 11) is -3.83. The van der Waals surface area contributed by atoms with Crippen LogP contribution in [0.15, 0.2) is 35.2 Å². The number of benzene rings is 2. The Kier molecular flexibility index (Phi) is 6.80. The molecule has 5 nitrogen and oxygen atoms in total. The number of carbonyl (C=O) groups excluding carboxylic acids is 1. The number of unbranched alkanes of at least 4 members (excludes halogenated alkanes) is 1. The zero-order valence-corrected chi connectivity index (χ0v) is 19.7. The Morgan fingerprint density at radius 3 is 2.42 bits per heavy atom. The Balaban J connectivity index is 1.68. The van der Waals surface area contributed by atoms with Crippen molar-refractivity contribution in [2.75, 3.05) is 5.32 Å². The first-order valence-electron chi connectivity index (χ1n) is 11.1. The van der Waals surface area contributed by atoms with Crippen molar-refractivity contribution in [1.29, 1.82) is 0 Å². The molecule has 0 spiro atoms. The van der Waals surface area contributed by atoms with Gasteiger partial charge in [-0.3, -0.25) is 4.79 Å². The minimum Gasteiger partial charge on any atom is -0.393 e. The summed E-state index contributed by atoms with van der Waals surface area (Å²) < 4.78 is 53.7. The first kappa shape index (κ1) is 24.1. The number of rotatable bonds is 7. The topological polar surface area (TPSA) is 83.5 Å². The standard InChI is InChI=1S/C24H26ClF2NO4S/c1-2-3-4-13-10-19(25)22(33(31,32)17-8-14-7-15(9-17)23(14)29)12-18(13)24(30)28-16-5-6-20(26)21(27)11-16/h5-6,10-12,14-15,17,23,29H,2-4,7-9H2,1H3,(H,28,30). The summed E-state index contributed by atoms with van der Waals surface area (Å²) in [6.07, 6.45) is 3.25. The lowest BCUT2D eigenvalue weighted by Gasteiger charge is -2.49. The number of amides is 1. The summed E-state index contributed by atoms with van der Waals surface area (Å²) in [4.78, 5) is 13.0. The van der Waals surface area contributed by atoms with Gasteiger partial charge in [-0.1, -0.05) is 24.9 Å². The molecule has 2 N–H and O–H groups in total. The van der Waals surface area contributed by atoms with E-state index in [1.54, 1.807) is 0 Å². The molecule has 0 aromatic heterocycles. The van der Waals surface area contributed by atoms with E-state index in [1.807, 2.05) is 6.92 Å². The fraction of sp³-hybridized carbons (Fsp3) is 0.458. The molecule has 2 unspecified atom stereocenters. The van der Waals surface area contributed by atoms with E-state index in [-0.39, 0.29) is 33.0 Å². The largest absolute Gasteiger partial charge is 0.393 e. The van der Waals surface area contributed by atoms with E-state index in [1.165, 1.54) is 18.2 Å². The van der Waals surface area contributed by atoms with Crippen LogP contribution in [0.3, 0.4) is 0 Å². The second-order valence-electron chi connectivity index (χ2n) is 9.01. The van der Waals surface area contributed by atoms with E-state index in [0.29, 0.717) is 24.8 Å². The number of aliphatic hydroxyl groups excluding tert-OH is 1. The molecule has 0 aliphatic heterocycles. The zero-order valence-electron chi connectivity index (χ0n) is 18.2. The lowest BCUT2D eigenvalue weighted by atomic mass is 9.63. The number of hydrogen-bond acceptors (Lipinski definition) is 4. The summed E-state index contributed by atoms with van der Waals surface area (Å²) in [5, 5.41) is 11.9. The molecule has 0 radical (unpaired) electrons. The smallest absolute Gasteiger partial charge is 0.255 e. The van der Waals surface area contributed by atoms with E-state index in [9.17, 15) is 27.1 Å². The van der Waals surface area contributed by atoms with E-state index in [2.05, 4.69) is 5.32 Å². The molecule has 2 aromatic rings. The Morgan fingerprint density at radius 1 is 1.12 bits per heavy atom. The number of halogens is 3. The monoisotopic (exact) mass is 497 g/mol. The number of anilines is 1. The number of fused-ring (bicyclic) bond motifs is 2. The molecular weight excluding hydrogens is 472 g/mol. The molecule has 3 aliphatic rings. The van der Waals surface area contributed by atoms with Gasteiger partial charge in [0, 0.05) is 17.3 Å². The summed E-state index contributed by atoms with van der Waals surface area (Å²) >= 11 is 6.41. The highest BCUT2D eigenvalue weighted by Gasteiger charge is 2.50. The molecule has 178 valence electrons. The van der Waals surface area contributed by atoms with E-state index < -0.39 is 38.7 Å². The van der Waals surface area contributed by atoms with Crippen molar-refractivity contribution in [1.82, 2.24) is 0 Å². The van der Waals surface area contributed by atoms with Gasteiger partial charge < -0.3 is 10.4 Å². The average Bonchev–Trinajstić information content (AvgIpc) is 2.79. The summed E-state index contributed by atoms with van der Waals surface area (Å²) in [5.74, 6) is -2.81. The van der Waals surface area contributed by atoms with Gasteiger partial charge in [-0.15, -0.1) is 0 Å².